The van der Waals surface area contributed by atoms with Crippen LogP contribution in [0.2, 0.25) is 0 Å². The van der Waals surface area contributed by atoms with Crippen LogP contribution in [-0.4, -0.2) is 40.7 Å². The average molecular weight is 296 g/mol. The minimum Gasteiger partial charge on any atom is -0.396 e. The fraction of sp³-hybridized carbons (Fsp3) is 0.385. The van der Waals surface area contributed by atoms with Crippen molar-refractivity contribution in [2.75, 3.05) is 24.7 Å². The maximum absolute atomic E-state index is 11.9. The van der Waals surface area contributed by atoms with Crippen LogP contribution in [0.25, 0.3) is 10.2 Å². The van der Waals surface area contributed by atoms with E-state index < -0.39 is 0 Å². The summed E-state index contributed by atoms with van der Waals surface area (Å²) in [5.74, 6) is 1.67. The van der Waals surface area contributed by atoms with Crippen molar-refractivity contribution < 1.29 is 9.90 Å². The summed E-state index contributed by atoms with van der Waals surface area (Å²) in [6.45, 7) is 0.857. The third kappa shape index (κ3) is 4.19. The van der Waals surface area contributed by atoms with Gasteiger partial charge in [-0.25, -0.2) is 4.98 Å². The molecular formula is C13H16N2O2S2. The van der Waals surface area contributed by atoms with Crippen molar-refractivity contribution in [2.24, 2.45) is 0 Å². The molecule has 1 aromatic carbocycles. The molecule has 0 saturated heterocycles. The largest absolute Gasteiger partial charge is 0.396 e. The zero-order valence-electron chi connectivity index (χ0n) is 10.5. The van der Waals surface area contributed by atoms with Gasteiger partial charge < -0.3 is 10.4 Å². The minimum absolute atomic E-state index is 0.107. The number of nitrogens with zero attached hydrogens (tertiary/aromatic N) is 1. The smallest absolute Gasteiger partial charge is 0.280 e. The Morgan fingerprint density at radius 3 is 3.00 bits per heavy atom. The lowest BCUT2D eigenvalue weighted by Gasteiger charge is -2.02. The highest BCUT2D eigenvalue weighted by Gasteiger charge is 2.10. The summed E-state index contributed by atoms with van der Waals surface area (Å²) in [7, 11) is 0. The van der Waals surface area contributed by atoms with Gasteiger partial charge in [-0.05, 0) is 24.3 Å². The summed E-state index contributed by atoms with van der Waals surface area (Å²) in [4.78, 5) is 16.2. The van der Waals surface area contributed by atoms with E-state index in [0.29, 0.717) is 11.6 Å². The number of nitrogens with one attached hydrogen (secondary N) is 1. The van der Waals surface area contributed by atoms with Gasteiger partial charge in [0.25, 0.3) is 5.91 Å². The second kappa shape index (κ2) is 7.47. The van der Waals surface area contributed by atoms with Crippen LogP contribution in [0.4, 0.5) is 0 Å². The second-order valence-corrected chi connectivity index (χ2v) is 6.19. The van der Waals surface area contributed by atoms with Gasteiger partial charge >= 0.3 is 0 Å². The molecule has 2 aromatic rings. The van der Waals surface area contributed by atoms with Gasteiger partial charge in [-0.1, -0.05) is 12.1 Å². The summed E-state index contributed by atoms with van der Waals surface area (Å²) < 4.78 is 1.03. The molecule has 2 N–H and O–H groups in total. The molecule has 1 aromatic heterocycles. The van der Waals surface area contributed by atoms with Crippen molar-refractivity contribution in [3.05, 3.63) is 29.3 Å². The van der Waals surface area contributed by atoms with Crippen molar-refractivity contribution in [2.45, 2.75) is 6.42 Å². The number of carbonyl (C=O) groups is 1. The van der Waals surface area contributed by atoms with E-state index in [2.05, 4.69) is 10.3 Å². The molecule has 0 atom stereocenters. The minimum atomic E-state index is -0.107. The number of para-hydroxylation sites is 1. The first kappa shape index (κ1) is 14.3. The molecule has 2 rings (SSSR count). The lowest BCUT2D eigenvalue weighted by molar-refractivity contribution is 0.0956. The zero-order chi connectivity index (χ0) is 13.5. The van der Waals surface area contributed by atoms with Crippen LogP contribution in [0.1, 0.15) is 16.2 Å². The Hall–Kier alpha value is -1.11. The second-order valence-electron chi connectivity index (χ2n) is 3.93. The summed E-state index contributed by atoms with van der Waals surface area (Å²) >= 11 is 3.14. The fourth-order valence-corrected chi connectivity index (χ4v) is 3.22. The van der Waals surface area contributed by atoms with Crippen LogP contribution in [0, 0.1) is 0 Å². The van der Waals surface area contributed by atoms with Crippen molar-refractivity contribution in [1.29, 1.82) is 0 Å². The Morgan fingerprint density at radius 1 is 1.37 bits per heavy atom. The molecule has 102 valence electrons. The molecule has 0 unspecified atom stereocenters. The van der Waals surface area contributed by atoms with Crippen molar-refractivity contribution in [3.63, 3.8) is 0 Å². The molecule has 0 saturated carbocycles. The van der Waals surface area contributed by atoms with Crippen molar-refractivity contribution >= 4 is 39.2 Å². The standard InChI is InChI=1S/C13H16N2O2S2/c16-7-3-8-18-9-6-14-12(17)13-15-10-4-1-2-5-11(10)19-13/h1-2,4-5,16H,3,6-9H2,(H,14,17). The molecule has 6 heteroatoms. The molecule has 0 radical (unpaired) electrons. The topological polar surface area (TPSA) is 62.2 Å². The number of aliphatic hydroxyl groups excluding tert-OH is 1. The molecule has 0 aliphatic heterocycles. The number of rotatable bonds is 7. The van der Waals surface area contributed by atoms with E-state index in [1.807, 2.05) is 24.3 Å². The Kier molecular flexibility index (Phi) is 5.62. The van der Waals surface area contributed by atoms with Gasteiger partial charge in [0.15, 0.2) is 5.01 Å². The lowest BCUT2D eigenvalue weighted by atomic mass is 10.3. The van der Waals surface area contributed by atoms with E-state index in [0.717, 1.165) is 28.1 Å². The van der Waals surface area contributed by atoms with Crippen LogP contribution >= 0.6 is 23.1 Å². The fourth-order valence-electron chi connectivity index (χ4n) is 1.55. The first-order valence-corrected chi connectivity index (χ1v) is 8.11. The number of thiazole rings is 1. The van der Waals surface area contributed by atoms with Gasteiger partial charge in [-0.3, -0.25) is 4.79 Å². The molecular weight excluding hydrogens is 280 g/mol. The number of hydrogen-bond donors (Lipinski definition) is 2. The van der Waals surface area contributed by atoms with E-state index in [9.17, 15) is 4.79 Å². The number of thioether (sulfide) groups is 1. The Bertz CT molecular complexity index is 509. The third-order valence-electron chi connectivity index (χ3n) is 2.47. The molecule has 1 heterocycles. The SMILES string of the molecule is O=C(NCCSCCCO)c1nc2ccccc2s1. The summed E-state index contributed by atoms with van der Waals surface area (Å²) in [6.07, 6.45) is 0.802. The van der Waals surface area contributed by atoms with E-state index in [-0.39, 0.29) is 12.5 Å². The van der Waals surface area contributed by atoms with Crippen molar-refractivity contribution in [3.8, 4) is 0 Å². The molecule has 4 nitrogen and oxygen atoms in total. The highest BCUT2D eigenvalue weighted by molar-refractivity contribution is 7.99. The van der Waals surface area contributed by atoms with E-state index >= 15 is 0 Å². The quantitative estimate of drug-likeness (QED) is 0.769. The summed E-state index contributed by atoms with van der Waals surface area (Å²) in [6, 6.07) is 7.74. The van der Waals surface area contributed by atoms with Crippen LogP contribution < -0.4 is 5.32 Å². The van der Waals surface area contributed by atoms with Crippen molar-refractivity contribution in [1.82, 2.24) is 10.3 Å². The number of aromatic nitrogens is 1. The van der Waals surface area contributed by atoms with Gasteiger partial charge in [0, 0.05) is 18.9 Å². The molecule has 0 aliphatic rings. The predicted octanol–water partition coefficient (Wildman–Crippen LogP) is 2.14. The number of carbonyl (C=O) groups excluding carboxylic acids is 1. The molecule has 19 heavy (non-hydrogen) atoms. The Balaban J connectivity index is 1.79. The van der Waals surface area contributed by atoms with Crippen LogP contribution in [-0.2, 0) is 0 Å². The average Bonchev–Trinajstić information content (AvgIpc) is 2.86. The van der Waals surface area contributed by atoms with E-state index in [1.54, 1.807) is 11.8 Å². The lowest BCUT2D eigenvalue weighted by Crippen LogP contribution is -2.25. The normalized spacial score (nSPS) is 10.8. The van der Waals surface area contributed by atoms with Crippen LogP contribution in [0.3, 0.4) is 0 Å². The number of amides is 1. The van der Waals surface area contributed by atoms with E-state index in [4.69, 9.17) is 5.11 Å². The summed E-state index contributed by atoms with van der Waals surface area (Å²) in [5, 5.41) is 12.0. The zero-order valence-corrected chi connectivity index (χ0v) is 12.1. The van der Waals surface area contributed by atoms with Gasteiger partial charge in [0.1, 0.15) is 0 Å². The van der Waals surface area contributed by atoms with Gasteiger partial charge in [-0.15, -0.1) is 11.3 Å². The molecule has 1 amide bonds. The number of hydrogen-bond acceptors (Lipinski definition) is 5. The van der Waals surface area contributed by atoms with Crippen LogP contribution in [0.5, 0.6) is 0 Å². The molecule has 0 fully saturated rings. The number of fused-ring (bicyclic) bond motifs is 1. The maximum Gasteiger partial charge on any atom is 0.280 e. The highest BCUT2D eigenvalue weighted by atomic mass is 32.2. The third-order valence-corrected chi connectivity index (χ3v) is 4.57. The molecule has 0 aliphatic carbocycles. The van der Waals surface area contributed by atoms with E-state index in [1.165, 1.54) is 11.3 Å². The number of aliphatic hydroxyl groups is 1. The predicted molar refractivity (Wildman–Crippen MR) is 81.0 cm³/mol. The first-order chi connectivity index (χ1) is 9.31. The first-order valence-electron chi connectivity index (χ1n) is 6.13. The Labute approximate surface area is 120 Å². The Morgan fingerprint density at radius 2 is 2.21 bits per heavy atom. The molecule has 0 bridgehead atoms. The maximum atomic E-state index is 11.9. The molecule has 0 spiro atoms. The van der Waals surface area contributed by atoms with Crippen LogP contribution in [0.15, 0.2) is 24.3 Å². The van der Waals surface area contributed by atoms with Gasteiger partial charge in [-0.2, -0.15) is 11.8 Å². The van der Waals surface area contributed by atoms with Gasteiger partial charge in [0.05, 0.1) is 10.2 Å². The monoisotopic (exact) mass is 296 g/mol. The number of benzene rings is 1. The van der Waals surface area contributed by atoms with Gasteiger partial charge in [0.2, 0.25) is 0 Å². The summed E-state index contributed by atoms with van der Waals surface area (Å²) in [5.41, 5.74) is 0.870. The highest BCUT2D eigenvalue weighted by Crippen LogP contribution is 2.21.